The molecule has 3 N–H and O–H groups in total. The van der Waals surface area contributed by atoms with Gasteiger partial charge in [-0.05, 0) is 6.92 Å². The van der Waals surface area contributed by atoms with E-state index in [0.29, 0.717) is 39.6 Å². The molecule has 0 spiro atoms. The SMILES string of the molecule is COCCOCCOCCOC(C)C(=O)NN. The van der Waals surface area contributed by atoms with Crippen LogP contribution in [0.1, 0.15) is 6.92 Å². The van der Waals surface area contributed by atoms with Crippen molar-refractivity contribution in [3.8, 4) is 0 Å². The molecule has 0 aliphatic heterocycles. The fourth-order valence-corrected chi connectivity index (χ4v) is 0.941. The second-order valence-corrected chi connectivity index (χ2v) is 3.24. The lowest BCUT2D eigenvalue weighted by Gasteiger charge is -2.11. The molecule has 0 rings (SSSR count). The van der Waals surface area contributed by atoms with Crippen LogP contribution in [-0.4, -0.2) is 58.8 Å². The van der Waals surface area contributed by atoms with Gasteiger partial charge in [0.05, 0.1) is 39.6 Å². The second-order valence-electron chi connectivity index (χ2n) is 3.24. The molecular weight excluding hydrogens is 228 g/mol. The fraction of sp³-hybridized carbons (Fsp3) is 0.900. The minimum Gasteiger partial charge on any atom is -0.382 e. The van der Waals surface area contributed by atoms with Gasteiger partial charge in [0.15, 0.2) is 0 Å². The first-order valence-corrected chi connectivity index (χ1v) is 5.48. The average molecular weight is 250 g/mol. The molecule has 102 valence electrons. The molecule has 0 bridgehead atoms. The highest BCUT2D eigenvalue weighted by molar-refractivity contribution is 5.79. The maximum absolute atomic E-state index is 10.9. The molecule has 1 amide bonds. The molecule has 0 saturated carbocycles. The molecule has 17 heavy (non-hydrogen) atoms. The van der Waals surface area contributed by atoms with E-state index >= 15 is 0 Å². The van der Waals surface area contributed by atoms with E-state index in [9.17, 15) is 4.79 Å². The van der Waals surface area contributed by atoms with Gasteiger partial charge in [-0.15, -0.1) is 0 Å². The molecule has 0 aliphatic carbocycles. The molecule has 0 aliphatic rings. The van der Waals surface area contributed by atoms with Gasteiger partial charge in [-0.25, -0.2) is 5.84 Å². The van der Waals surface area contributed by atoms with E-state index < -0.39 is 6.10 Å². The van der Waals surface area contributed by atoms with Crippen LogP contribution < -0.4 is 11.3 Å². The van der Waals surface area contributed by atoms with E-state index in [0.717, 1.165) is 0 Å². The predicted octanol–water partition coefficient (Wildman–Crippen LogP) is -0.939. The molecule has 0 heterocycles. The molecule has 0 saturated heterocycles. The summed E-state index contributed by atoms with van der Waals surface area (Å²) >= 11 is 0. The zero-order valence-corrected chi connectivity index (χ0v) is 10.4. The van der Waals surface area contributed by atoms with Crippen molar-refractivity contribution >= 4 is 5.91 Å². The van der Waals surface area contributed by atoms with Gasteiger partial charge in [-0.1, -0.05) is 0 Å². The zero-order valence-electron chi connectivity index (χ0n) is 10.4. The molecule has 7 nitrogen and oxygen atoms in total. The van der Waals surface area contributed by atoms with Crippen LogP contribution in [0.25, 0.3) is 0 Å². The first kappa shape index (κ1) is 16.3. The maximum atomic E-state index is 10.9. The summed E-state index contributed by atoms with van der Waals surface area (Å²) < 4.78 is 20.4. The van der Waals surface area contributed by atoms with Crippen LogP contribution in [0, 0.1) is 0 Å². The quantitative estimate of drug-likeness (QED) is 0.213. The normalized spacial score (nSPS) is 12.4. The summed E-state index contributed by atoms with van der Waals surface area (Å²) in [4.78, 5) is 10.9. The smallest absolute Gasteiger partial charge is 0.262 e. The molecule has 0 radical (unpaired) electrons. The number of methoxy groups -OCH3 is 1. The number of hydrogen-bond donors (Lipinski definition) is 2. The second kappa shape index (κ2) is 11.7. The van der Waals surface area contributed by atoms with Gasteiger partial charge in [0.2, 0.25) is 0 Å². The minimum absolute atomic E-state index is 0.340. The summed E-state index contributed by atoms with van der Waals surface area (Å²) in [5.74, 6) is 4.59. The van der Waals surface area contributed by atoms with E-state index in [1.807, 2.05) is 5.43 Å². The van der Waals surface area contributed by atoms with Crippen LogP contribution >= 0.6 is 0 Å². The maximum Gasteiger partial charge on any atom is 0.262 e. The van der Waals surface area contributed by atoms with Crippen LogP contribution in [0.15, 0.2) is 0 Å². The Morgan fingerprint density at radius 1 is 1.12 bits per heavy atom. The molecule has 1 atom stereocenters. The van der Waals surface area contributed by atoms with Crippen LogP contribution in [0.2, 0.25) is 0 Å². The van der Waals surface area contributed by atoms with Gasteiger partial charge in [0.25, 0.3) is 5.91 Å². The monoisotopic (exact) mass is 250 g/mol. The Labute approximate surface area is 101 Å². The fourth-order valence-electron chi connectivity index (χ4n) is 0.941. The third-order valence-corrected chi connectivity index (χ3v) is 1.91. The van der Waals surface area contributed by atoms with Crippen molar-refractivity contribution in [2.45, 2.75) is 13.0 Å². The van der Waals surface area contributed by atoms with Crippen LogP contribution in [0.3, 0.4) is 0 Å². The Morgan fingerprint density at radius 3 is 2.18 bits per heavy atom. The number of carbonyl (C=O) groups is 1. The van der Waals surface area contributed by atoms with Crippen LogP contribution in [-0.2, 0) is 23.7 Å². The lowest BCUT2D eigenvalue weighted by atomic mass is 10.4. The Hall–Kier alpha value is -0.730. The number of nitrogens with one attached hydrogen (secondary N) is 1. The van der Waals surface area contributed by atoms with E-state index in [2.05, 4.69) is 0 Å². The topological polar surface area (TPSA) is 92.0 Å². The van der Waals surface area contributed by atoms with Crippen molar-refractivity contribution < 1.29 is 23.7 Å². The standard InChI is InChI=1S/C10H22N2O5/c1-9(10(13)12-11)17-8-7-16-6-5-15-4-3-14-2/h9H,3-8,11H2,1-2H3,(H,12,13). The molecule has 7 heteroatoms. The van der Waals surface area contributed by atoms with Crippen molar-refractivity contribution in [3.05, 3.63) is 0 Å². The summed E-state index contributed by atoms with van der Waals surface area (Å²) in [5, 5.41) is 0. The Bertz CT molecular complexity index is 192. The summed E-state index contributed by atoms with van der Waals surface area (Å²) in [6, 6.07) is 0. The number of ether oxygens (including phenoxy) is 4. The van der Waals surface area contributed by atoms with Crippen molar-refractivity contribution in [2.75, 3.05) is 46.8 Å². The van der Waals surface area contributed by atoms with Gasteiger partial charge >= 0.3 is 0 Å². The average Bonchev–Trinajstić information content (AvgIpc) is 2.35. The lowest BCUT2D eigenvalue weighted by molar-refractivity contribution is -0.132. The van der Waals surface area contributed by atoms with Crippen LogP contribution in [0.5, 0.6) is 0 Å². The number of hydrogen-bond acceptors (Lipinski definition) is 6. The molecule has 0 aromatic carbocycles. The van der Waals surface area contributed by atoms with Crippen molar-refractivity contribution in [2.24, 2.45) is 5.84 Å². The molecular formula is C10H22N2O5. The summed E-state index contributed by atoms with van der Waals surface area (Å²) in [6.45, 7) is 4.52. The van der Waals surface area contributed by atoms with Crippen molar-refractivity contribution in [3.63, 3.8) is 0 Å². The third kappa shape index (κ3) is 10.2. The summed E-state index contributed by atoms with van der Waals surface area (Å²) in [7, 11) is 1.62. The number of rotatable bonds is 11. The number of hydrazine groups is 1. The highest BCUT2D eigenvalue weighted by atomic mass is 16.6. The van der Waals surface area contributed by atoms with Gasteiger partial charge in [0.1, 0.15) is 6.10 Å². The molecule has 0 fully saturated rings. The number of amides is 1. The Kier molecular flexibility index (Phi) is 11.2. The van der Waals surface area contributed by atoms with E-state index in [1.165, 1.54) is 0 Å². The summed E-state index contributed by atoms with van der Waals surface area (Å²) in [6.07, 6.45) is -0.568. The van der Waals surface area contributed by atoms with Gasteiger partial charge in [0, 0.05) is 7.11 Å². The van der Waals surface area contributed by atoms with Gasteiger partial charge in [-0.2, -0.15) is 0 Å². The largest absolute Gasteiger partial charge is 0.382 e. The lowest BCUT2D eigenvalue weighted by Crippen LogP contribution is -2.39. The molecule has 0 aromatic heterocycles. The van der Waals surface area contributed by atoms with E-state index in [-0.39, 0.29) is 5.91 Å². The van der Waals surface area contributed by atoms with Crippen LogP contribution in [0.4, 0.5) is 0 Å². The Balaban J connectivity index is 3.15. The first-order valence-electron chi connectivity index (χ1n) is 5.48. The van der Waals surface area contributed by atoms with Crippen molar-refractivity contribution in [1.82, 2.24) is 5.43 Å². The van der Waals surface area contributed by atoms with Gasteiger partial charge < -0.3 is 18.9 Å². The molecule has 0 aromatic rings. The van der Waals surface area contributed by atoms with Crippen molar-refractivity contribution in [1.29, 1.82) is 0 Å². The highest BCUT2D eigenvalue weighted by Crippen LogP contribution is 1.90. The van der Waals surface area contributed by atoms with Gasteiger partial charge in [-0.3, -0.25) is 10.2 Å². The highest BCUT2D eigenvalue weighted by Gasteiger charge is 2.10. The third-order valence-electron chi connectivity index (χ3n) is 1.91. The first-order chi connectivity index (χ1) is 8.22. The predicted molar refractivity (Wildman–Crippen MR) is 61.3 cm³/mol. The van der Waals surface area contributed by atoms with E-state index in [4.69, 9.17) is 24.8 Å². The zero-order chi connectivity index (χ0) is 12.9. The number of nitrogens with two attached hydrogens (primary N) is 1. The molecule has 1 unspecified atom stereocenters. The minimum atomic E-state index is -0.568. The van der Waals surface area contributed by atoms with E-state index in [1.54, 1.807) is 14.0 Å². The summed E-state index contributed by atoms with van der Waals surface area (Å²) in [5.41, 5.74) is 2.01. The number of carbonyl (C=O) groups excluding carboxylic acids is 1. The Morgan fingerprint density at radius 2 is 1.65 bits per heavy atom.